The molecule has 0 amide bonds. The highest BCUT2D eigenvalue weighted by Crippen LogP contribution is 2.46. The van der Waals surface area contributed by atoms with Gasteiger partial charge in [-0.15, -0.1) is 0 Å². The molecule has 0 fully saturated rings. The van der Waals surface area contributed by atoms with Gasteiger partial charge in [-0.2, -0.15) is 0 Å². The molecule has 0 aromatic heterocycles. The lowest BCUT2D eigenvalue weighted by Gasteiger charge is -2.26. The predicted molar refractivity (Wildman–Crippen MR) is 304 cm³/mol. The molecule has 0 bridgehead atoms. The van der Waals surface area contributed by atoms with Gasteiger partial charge in [0.25, 0.3) is 0 Å². The van der Waals surface area contributed by atoms with Gasteiger partial charge in [-0.3, -0.25) is 0 Å². The van der Waals surface area contributed by atoms with Crippen LogP contribution >= 0.6 is 0 Å². The molecule has 0 saturated carbocycles. The van der Waals surface area contributed by atoms with Gasteiger partial charge in [0.2, 0.25) is 0 Å². The molecule has 1 nitrogen and oxygen atoms in total. The van der Waals surface area contributed by atoms with Crippen LogP contribution in [0.5, 0.6) is 0 Å². The highest BCUT2D eigenvalue weighted by molar-refractivity contribution is 6.22. The fourth-order valence-corrected chi connectivity index (χ4v) is 10.8. The van der Waals surface area contributed by atoms with Gasteiger partial charge in [-0.1, -0.05) is 243 Å². The SMILES string of the molecule is c1ccc(-c2c(-c3ccccc3)c3cc(-c4ccc(N(c5ccc(-c6ccc(-c7cccc8ccccc78)cc6)cc5)c5cccc(-c6cccc7ccccc67)c5)cc4)ccc3c3ccccc23)cc1. The van der Waals surface area contributed by atoms with E-state index in [0.29, 0.717) is 0 Å². The maximum atomic E-state index is 2.41. The fraction of sp³-hybridized carbons (Fsp3) is 0. The van der Waals surface area contributed by atoms with Crippen LogP contribution in [0.2, 0.25) is 0 Å². The molecule has 13 rings (SSSR count). The Morgan fingerprint density at radius 2 is 0.577 bits per heavy atom. The maximum absolute atomic E-state index is 2.41. The van der Waals surface area contributed by atoms with Crippen molar-refractivity contribution in [3.05, 3.63) is 285 Å². The predicted octanol–water partition coefficient (Wildman–Crippen LogP) is 19.8. The third kappa shape index (κ3) is 7.71. The zero-order valence-corrected chi connectivity index (χ0v) is 39.1. The van der Waals surface area contributed by atoms with Gasteiger partial charge >= 0.3 is 0 Å². The van der Waals surface area contributed by atoms with E-state index < -0.39 is 0 Å². The molecular formula is C70H47N. The molecule has 13 aromatic rings. The molecule has 71 heavy (non-hydrogen) atoms. The van der Waals surface area contributed by atoms with Gasteiger partial charge in [0, 0.05) is 17.1 Å². The Kier molecular flexibility index (Phi) is 10.6. The molecule has 0 atom stereocenters. The van der Waals surface area contributed by atoms with Crippen LogP contribution in [-0.2, 0) is 0 Å². The number of anilines is 3. The Morgan fingerprint density at radius 1 is 0.183 bits per heavy atom. The minimum absolute atomic E-state index is 1.08. The van der Waals surface area contributed by atoms with Crippen LogP contribution in [0.15, 0.2) is 285 Å². The lowest BCUT2D eigenvalue weighted by atomic mass is 9.84. The van der Waals surface area contributed by atoms with Gasteiger partial charge in [0.05, 0.1) is 0 Å². The minimum atomic E-state index is 1.08. The zero-order chi connectivity index (χ0) is 47.1. The first-order valence-electron chi connectivity index (χ1n) is 24.5. The number of benzene rings is 13. The summed E-state index contributed by atoms with van der Waals surface area (Å²) < 4.78 is 0. The molecule has 0 aliphatic carbocycles. The van der Waals surface area contributed by atoms with Crippen LogP contribution in [-0.4, -0.2) is 0 Å². The first-order chi connectivity index (χ1) is 35.2. The average Bonchev–Trinajstić information content (AvgIpc) is 3.45. The van der Waals surface area contributed by atoms with Gasteiger partial charge in [0.15, 0.2) is 0 Å². The van der Waals surface area contributed by atoms with Crippen molar-refractivity contribution in [2.75, 3.05) is 4.90 Å². The lowest BCUT2D eigenvalue weighted by Crippen LogP contribution is -2.10. The molecule has 0 radical (unpaired) electrons. The third-order valence-electron chi connectivity index (χ3n) is 14.3. The van der Waals surface area contributed by atoms with Crippen molar-refractivity contribution < 1.29 is 0 Å². The van der Waals surface area contributed by atoms with E-state index in [2.05, 4.69) is 290 Å². The molecule has 0 heterocycles. The third-order valence-corrected chi connectivity index (χ3v) is 14.3. The van der Waals surface area contributed by atoms with E-state index in [0.717, 1.165) is 22.6 Å². The van der Waals surface area contributed by atoms with Crippen LogP contribution < -0.4 is 4.90 Å². The molecule has 13 aromatic carbocycles. The zero-order valence-electron chi connectivity index (χ0n) is 39.1. The second-order valence-corrected chi connectivity index (χ2v) is 18.4. The van der Waals surface area contributed by atoms with Crippen molar-refractivity contribution >= 4 is 60.2 Å². The Labute approximate surface area is 414 Å². The smallest absolute Gasteiger partial charge is 0.0467 e. The summed E-state index contributed by atoms with van der Waals surface area (Å²) in [6.45, 7) is 0. The fourth-order valence-electron chi connectivity index (χ4n) is 10.8. The van der Waals surface area contributed by atoms with E-state index in [1.165, 1.54) is 104 Å². The van der Waals surface area contributed by atoms with E-state index in [1.807, 2.05) is 0 Å². The summed E-state index contributed by atoms with van der Waals surface area (Å²) in [4.78, 5) is 2.39. The van der Waals surface area contributed by atoms with E-state index >= 15 is 0 Å². The number of nitrogens with zero attached hydrogens (tertiary/aromatic N) is 1. The highest BCUT2D eigenvalue weighted by atomic mass is 15.1. The summed E-state index contributed by atoms with van der Waals surface area (Å²) in [5.41, 5.74) is 17.8. The minimum Gasteiger partial charge on any atom is -0.310 e. The van der Waals surface area contributed by atoms with Crippen molar-refractivity contribution in [3.8, 4) is 66.8 Å². The van der Waals surface area contributed by atoms with E-state index in [1.54, 1.807) is 0 Å². The molecule has 0 saturated heterocycles. The Balaban J connectivity index is 0.908. The van der Waals surface area contributed by atoms with Crippen LogP contribution in [0.25, 0.3) is 110 Å². The summed E-state index contributed by atoms with van der Waals surface area (Å²) in [6, 6.07) is 104. The standard InChI is InChI=1S/C70H47N/c1-3-18-54(19-4-1)69-67-29-12-11-28-65(67)66-45-40-56(47-68(66)70(69)55-20-5-2-6-21-55)50-38-43-59(44-39-50)71(60-25-13-24-57(46-60)64-31-15-23-52-17-8-10-27-62(52)64)58-41-36-49(37-42-58)48-32-34-53(35-33-48)63-30-14-22-51-16-7-9-26-61(51)63/h1-47H. The van der Waals surface area contributed by atoms with Crippen molar-refractivity contribution in [1.82, 2.24) is 0 Å². The Morgan fingerprint density at radius 3 is 1.17 bits per heavy atom. The average molecular weight is 902 g/mol. The molecule has 332 valence electrons. The molecule has 0 aliphatic heterocycles. The first-order valence-corrected chi connectivity index (χ1v) is 24.5. The van der Waals surface area contributed by atoms with E-state index in [9.17, 15) is 0 Å². The van der Waals surface area contributed by atoms with Gasteiger partial charge in [-0.05, 0) is 152 Å². The van der Waals surface area contributed by atoms with Crippen molar-refractivity contribution in [3.63, 3.8) is 0 Å². The van der Waals surface area contributed by atoms with Crippen LogP contribution in [0.1, 0.15) is 0 Å². The van der Waals surface area contributed by atoms with E-state index in [4.69, 9.17) is 0 Å². The summed E-state index contributed by atoms with van der Waals surface area (Å²) in [7, 11) is 0. The Bertz CT molecular complexity index is 4050. The summed E-state index contributed by atoms with van der Waals surface area (Å²) in [6.07, 6.45) is 0. The molecule has 0 N–H and O–H groups in total. The van der Waals surface area contributed by atoms with Gasteiger partial charge < -0.3 is 4.90 Å². The first kappa shape index (κ1) is 41.9. The van der Waals surface area contributed by atoms with Crippen molar-refractivity contribution in [1.29, 1.82) is 0 Å². The van der Waals surface area contributed by atoms with Crippen LogP contribution in [0.4, 0.5) is 17.1 Å². The summed E-state index contributed by atoms with van der Waals surface area (Å²) in [5.74, 6) is 0. The molecule has 0 spiro atoms. The largest absolute Gasteiger partial charge is 0.310 e. The second-order valence-electron chi connectivity index (χ2n) is 18.4. The Hall–Kier alpha value is -9.30. The number of rotatable bonds is 9. The summed E-state index contributed by atoms with van der Waals surface area (Å²) >= 11 is 0. The number of fused-ring (bicyclic) bond motifs is 5. The normalized spacial score (nSPS) is 11.4. The molecule has 1 heteroatoms. The van der Waals surface area contributed by atoms with Crippen molar-refractivity contribution in [2.24, 2.45) is 0 Å². The highest BCUT2D eigenvalue weighted by Gasteiger charge is 2.20. The van der Waals surface area contributed by atoms with Gasteiger partial charge in [-0.25, -0.2) is 0 Å². The van der Waals surface area contributed by atoms with Crippen LogP contribution in [0, 0.1) is 0 Å². The number of hydrogen-bond acceptors (Lipinski definition) is 1. The molecule has 0 aliphatic rings. The molecule has 0 unspecified atom stereocenters. The quantitative estimate of drug-likeness (QED) is 0.131. The monoisotopic (exact) mass is 901 g/mol. The van der Waals surface area contributed by atoms with Crippen molar-refractivity contribution in [2.45, 2.75) is 0 Å². The maximum Gasteiger partial charge on any atom is 0.0467 e. The summed E-state index contributed by atoms with van der Waals surface area (Å²) in [5, 5.41) is 10.0. The topological polar surface area (TPSA) is 3.24 Å². The van der Waals surface area contributed by atoms with E-state index in [-0.39, 0.29) is 0 Å². The lowest BCUT2D eigenvalue weighted by molar-refractivity contribution is 1.28. The molecular weight excluding hydrogens is 855 g/mol. The van der Waals surface area contributed by atoms with Crippen LogP contribution in [0.3, 0.4) is 0 Å². The number of hydrogen-bond donors (Lipinski definition) is 0. The second kappa shape index (κ2) is 18.0. The van der Waals surface area contributed by atoms with Gasteiger partial charge in [0.1, 0.15) is 0 Å².